The zero-order valence-corrected chi connectivity index (χ0v) is 12.1. The number of rotatable bonds is 4. The Bertz CT molecular complexity index is 740. The zero-order valence-electron chi connectivity index (χ0n) is 12.1. The predicted molar refractivity (Wildman–Crippen MR) is 89.5 cm³/mol. The van der Waals surface area contributed by atoms with Gasteiger partial charge in [-0.15, -0.1) is 0 Å². The molecule has 106 valence electrons. The monoisotopic (exact) mass is 277 g/mol. The van der Waals surface area contributed by atoms with Crippen molar-refractivity contribution in [1.29, 1.82) is 0 Å². The van der Waals surface area contributed by atoms with E-state index in [1.54, 1.807) is 0 Å². The number of hydrogen-bond acceptors (Lipinski definition) is 3. The summed E-state index contributed by atoms with van der Waals surface area (Å²) in [6.07, 6.45) is 2.78. The van der Waals surface area contributed by atoms with Crippen LogP contribution in [0.5, 0.6) is 0 Å². The van der Waals surface area contributed by atoms with Crippen LogP contribution in [0.15, 0.2) is 54.7 Å². The lowest BCUT2D eigenvalue weighted by molar-refractivity contribution is 1.02. The molecule has 0 amide bonds. The summed E-state index contributed by atoms with van der Waals surface area (Å²) < 4.78 is 0. The molecular weight excluding hydrogens is 258 g/mol. The van der Waals surface area contributed by atoms with Crippen molar-refractivity contribution in [3.8, 4) is 0 Å². The van der Waals surface area contributed by atoms with Crippen molar-refractivity contribution in [2.75, 3.05) is 17.6 Å². The minimum absolute atomic E-state index is 0.796. The maximum Gasteiger partial charge on any atom is 0.0734 e. The summed E-state index contributed by atoms with van der Waals surface area (Å²) >= 11 is 0. The Morgan fingerprint density at radius 1 is 1.10 bits per heavy atom. The Labute approximate surface area is 124 Å². The summed E-state index contributed by atoms with van der Waals surface area (Å²) in [4.78, 5) is 4.49. The van der Waals surface area contributed by atoms with E-state index in [0.29, 0.717) is 0 Å². The molecule has 0 fully saturated rings. The number of hydrogen-bond donors (Lipinski definition) is 2. The molecule has 3 N–H and O–H groups in total. The van der Waals surface area contributed by atoms with Crippen molar-refractivity contribution in [1.82, 2.24) is 4.98 Å². The molecule has 0 radical (unpaired) electrons. The van der Waals surface area contributed by atoms with Gasteiger partial charge in [-0.25, -0.2) is 0 Å². The van der Waals surface area contributed by atoms with Gasteiger partial charge < -0.3 is 11.1 Å². The van der Waals surface area contributed by atoms with Gasteiger partial charge in [-0.05, 0) is 48.7 Å². The predicted octanol–water partition coefficient (Wildman–Crippen LogP) is 3.78. The molecule has 0 bridgehead atoms. The van der Waals surface area contributed by atoms with Crippen molar-refractivity contribution in [3.63, 3.8) is 0 Å². The van der Waals surface area contributed by atoms with E-state index in [4.69, 9.17) is 5.73 Å². The van der Waals surface area contributed by atoms with Gasteiger partial charge in [0.2, 0.25) is 0 Å². The molecule has 3 aromatic rings. The first-order chi connectivity index (χ1) is 10.2. The highest BCUT2D eigenvalue weighted by molar-refractivity contribution is 5.81. The molecule has 21 heavy (non-hydrogen) atoms. The molecule has 3 rings (SSSR count). The molecule has 3 nitrogen and oxygen atoms in total. The molecule has 3 heteroatoms. The van der Waals surface area contributed by atoms with Crippen LogP contribution in [0.25, 0.3) is 10.9 Å². The summed E-state index contributed by atoms with van der Waals surface area (Å²) in [5, 5.41) is 4.62. The van der Waals surface area contributed by atoms with E-state index in [1.807, 2.05) is 24.4 Å². The average Bonchev–Trinajstić information content (AvgIpc) is 2.46. The van der Waals surface area contributed by atoms with Gasteiger partial charge in [0, 0.05) is 29.5 Å². The molecule has 0 saturated carbocycles. The van der Waals surface area contributed by atoms with Crippen molar-refractivity contribution in [2.24, 2.45) is 0 Å². The SMILES string of the molecule is Cc1cc(N)cc(NCCc2cccc3cccnc23)c1. The fourth-order valence-electron chi connectivity index (χ4n) is 2.63. The number of anilines is 2. The quantitative estimate of drug-likeness (QED) is 0.713. The topological polar surface area (TPSA) is 50.9 Å². The largest absolute Gasteiger partial charge is 0.399 e. The number of aromatic nitrogens is 1. The molecule has 0 aliphatic rings. The minimum Gasteiger partial charge on any atom is -0.399 e. The molecule has 1 aromatic heterocycles. The second kappa shape index (κ2) is 5.83. The fourth-order valence-corrected chi connectivity index (χ4v) is 2.63. The van der Waals surface area contributed by atoms with E-state index in [1.165, 1.54) is 16.5 Å². The number of nitrogens with two attached hydrogens (primary N) is 1. The third kappa shape index (κ3) is 3.14. The summed E-state index contributed by atoms with van der Waals surface area (Å²) in [7, 11) is 0. The van der Waals surface area contributed by atoms with Crippen LogP contribution in [-0.2, 0) is 6.42 Å². The number of aryl methyl sites for hydroxylation is 1. The zero-order chi connectivity index (χ0) is 14.7. The van der Waals surface area contributed by atoms with E-state index in [2.05, 4.69) is 47.6 Å². The van der Waals surface area contributed by atoms with Gasteiger partial charge in [0.1, 0.15) is 0 Å². The van der Waals surface area contributed by atoms with Crippen molar-refractivity contribution < 1.29 is 0 Å². The number of fused-ring (bicyclic) bond motifs is 1. The highest BCUT2D eigenvalue weighted by Gasteiger charge is 2.02. The Morgan fingerprint density at radius 3 is 2.81 bits per heavy atom. The average molecular weight is 277 g/mol. The van der Waals surface area contributed by atoms with Crippen molar-refractivity contribution in [3.05, 3.63) is 65.9 Å². The first-order valence-corrected chi connectivity index (χ1v) is 7.16. The molecule has 1 heterocycles. The Morgan fingerprint density at radius 2 is 1.95 bits per heavy atom. The Hall–Kier alpha value is -2.55. The van der Waals surface area contributed by atoms with E-state index >= 15 is 0 Å². The highest BCUT2D eigenvalue weighted by Crippen LogP contribution is 2.18. The molecule has 0 atom stereocenters. The molecule has 0 unspecified atom stereocenters. The smallest absolute Gasteiger partial charge is 0.0734 e. The Balaban J connectivity index is 1.72. The van der Waals surface area contributed by atoms with Crippen LogP contribution in [0.1, 0.15) is 11.1 Å². The van der Waals surface area contributed by atoms with Gasteiger partial charge in [-0.1, -0.05) is 24.3 Å². The third-order valence-electron chi connectivity index (χ3n) is 3.54. The number of nitrogens with zero attached hydrogens (tertiary/aromatic N) is 1. The maximum atomic E-state index is 5.87. The fraction of sp³-hybridized carbons (Fsp3) is 0.167. The highest BCUT2D eigenvalue weighted by atomic mass is 14.9. The van der Waals surface area contributed by atoms with Crippen LogP contribution in [0, 0.1) is 6.92 Å². The molecule has 0 saturated heterocycles. The molecule has 0 aliphatic heterocycles. The third-order valence-corrected chi connectivity index (χ3v) is 3.54. The second-order valence-corrected chi connectivity index (χ2v) is 5.30. The number of benzene rings is 2. The Kier molecular flexibility index (Phi) is 3.73. The molecular formula is C18H19N3. The van der Waals surface area contributed by atoms with Crippen LogP contribution in [0.2, 0.25) is 0 Å². The molecule has 0 aliphatic carbocycles. The van der Waals surface area contributed by atoms with Gasteiger partial charge in [0.15, 0.2) is 0 Å². The van der Waals surface area contributed by atoms with E-state index in [0.717, 1.165) is 29.9 Å². The molecule has 0 spiro atoms. The van der Waals surface area contributed by atoms with Crippen LogP contribution < -0.4 is 11.1 Å². The lowest BCUT2D eigenvalue weighted by Crippen LogP contribution is -2.06. The maximum absolute atomic E-state index is 5.87. The van der Waals surface area contributed by atoms with Gasteiger partial charge in [-0.3, -0.25) is 4.98 Å². The van der Waals surface area contributed by atoms with Crippen LogP contribution in [0.4, 0.5) is 11.4 Å². The van der Waals surface area contributed by atoms with Crippen LogP contribution in [0.3, 0.4) is 0 Å². The van der Waals surface area contributed by atoms with E-state index in [-0.39, 0.29) is 0 Å². The second-order valence-electron chi connectivity index (χ2n) is 5.30. The number of para-hydroxylation sites is 1. The lowest BCUT2D eigenvalue weighted by Gasteiger charge is -2.10. The number of nitrogens with one attached hydrogen (secondary N) is 1. The van der Waals surface area contributed by atoms with Crippen LogP contribution in [-0.4, -0.2) is 11.5 Å². The first kappa shape index (κ1) is 13.4. The van der Waals surface area contributed by atoms with Gasteiger partial charge in [0.25, 0.3) is 0 Å². The van der Waals surface area contributed by atoms with Crippen LogP contribution >= 0.6 is 0 Å². The van der Waals surface area contributed by atoms with E-state index < -0.39 is 0 Å². The number of nitrogen functional groups attached to an aromatic ring is 1. The van der Waals surface area contributed by atoms with Gasteiger partial charge in [0.05, 0.1) is 5.52 Å². The van der Waals surface area contributed by atoms with E-state index in [9.17, 15) is 0 Å². The minimum atomic E-state index is 0.796. The summed E-state index contributed by atoms with van der Waals surface area (Å²) in [6.45, 7) is 2.91. The van der Waals surface area contributed by atoms with Gasteiger partial charge >= 0.3 is 0 Å². The summed E-state index contributed by atoms with van der Waals surface area (Å²) in [5.41, 5.74) is 11.3. The molecule has 2 aromatic carbocycles. The van der Waals surface area contributed by atoms with Crippen molar-refractivity contribution >= 4 is 22.3 Å². The lowest BCUT2D eigenvalue weighted by atomic mass is 10.1. The van der Waals surface area contributed by atoms with Gasteiger partial charge in [-0.2, -0.15) is 0 Å². The van der Waals surface area contributed by atoms with Crippen molar-refractivity contribution in [2.45, 2.75) is 13.3 Å². The normalized spacial score (nSPS) is 10.7. The first-order valence-electron chi connectivity index (χ1n) is 7.16. The standard InChI is InChI=1S/C18H19N3/c1-13-10-16(19)12-17(11-13)20-9-7-15-5-2-4-14-6-3-8-21-18(14)15/h2-6,8,10-12,20H,7,9,19H2,1H3. The summed E-state index contributed by atoms with van der Waals surface area (Å²) in [5.74, 6) is 0. The summed E-state index contributed by atoms with van der Waals surface area (Å²) in [6, 6.07) is 16.4. The number of pyridine rings is 1.